The highest BCUT2D eigenvalue weighted by atomic mass is 16.3. The fourth-order valence-corrected chi connectivity index (χ4v) is 0.643. The molecule has 0 radical (unpaired) electrons. The second kappa shape index (κ2) is 4.83. The number of primary amides is 1. The van der Waals surface area contributed by atoms with Gasteiger partial charge in [0, 0.05) is 13.0 Å². The van der Waals surface area contributed by atoms with Crippen LogP contribution in [0.3, 0.4) is 0 Å². The van der Waals surface area contributed by atoms with Gasteiger partial charge < -0.3 is 10.8 Å². The normalized spacial score (nSPS) is 12.0. The van der Waals surface area contributed by atoms with Crippen LogP contribution in [0.25, 0.3) is 0 Å². The van der Waals surface area contributed by atoms with Gasteiger partial charge in [-0.3, -0.25) is 4.79 Å². The summed E-state index contributed by atoms with van der Waals surface area (Å²) in [6.07, 6.45) is 5.63. The lowest BCUT2D eigenvalue weighted by atomic mass is 10.0. The van der Waals surface area contributed by atoms with Crippen LogP contribution in [0.1, 0.15) is 12.8 Å². The lowest BCUT2D eigenvalue weighted by Crippen LogP contribution is -2.23. The van der Waals surface area contributed by atoms with Gasteiger partial charge in [0.1, 0.15) is 0 Å². The predicted molar refractivity (Wildman–Crippen MR) is 37.8 cm³/mol. The molecule has 3 nitrogen and oxygen atoms in total. The van der Waals surface area contributed by atoms with Gasteiger partial charge in [0.25, 0.3) is 0 Å². The number of carbonyl (C=O) groups excluding carboxylic acids is 1. The second-order valence-corrected chi connectivity index (χ2v) is 2.02. The van der Waals surface area contributed by atoms with Crippen molar-refractivity contribution in [1.82, 2.24) is 0 Å². The molecule has 3 N–H and O–H groups in total. The Morgan fingerprint density at radius 2 is 2.40 bits per heavy atom. The number of carbonyl (C=O) groups is 1. The van der Waals surface area contributed by atoms with Crippen molar-refractivity contribution in [2.24, 2.45) is 11.7 Å². The van der Waals surface area contributed by atoms with E-state index in [1.54, 1.807) is 0 Å². The third kappa shape index (κ3) is 3.10. The van der Waals surface area contributed by atoms with Crippen molar-refractivity contribution in [3.05, 3.63) is 0 Å². The summed E-state index contributed by atoms with van der Waals surface area (Å²) in [6.45, 7) is -0.0463. The van der Waals surface area contributed by atoms with E-state index in [0.717, 1.165) is 0 Å². The van der Waals surface area contributed by atoms with E-state index in [9.17, 15) is 4.79 Å². The van der Waals surface area contributed by atoms with Crippen molar-refractivity contribution in [2.45, 2.75) is 12.8 Å². The lowest BCUT2D eigenvalue weighted by molar-refractivity contribution is -0.122. The Balaban J connectivity index is 3.75. The molecule has 0 aliphatic heterocycles. The smallest absolute Gasteiger partial charge is 0.221 e. The first kappa shape index (κ1) is 8.99. The molecule has 0 aromatic rings. The number of terminal acetylenes is 1. The van der Waals surface area contributed by atoms with Crippen LogP contribution >= 0.6 is 0 Å². The maximum atomic E-state index is 10.5. The zero-order valence-electron chi connectivity index (χ0n) is 5.71. The largest absolute Gasteiger partial charge is 0.396 e. The van der Waals surface area contributed by atoms with Crippen molar-refractivity contribution in [2.75, 3.05) is 6.61 Å². The van der Waals surface area contributed by atoms with Crippen LogP contribution in [-0.2, 0) is 4.79 Å². The zero-order chi connectivity index (χ0) is 7.98. The minimum absolute atomic E-state index is 0.0463. The first-order chi connectivity index (χ1) is 4.72. The van der Waals surface area contributed by atoms with E-state index in [0.29, 0.717) is 12.8 Å². The second-order valence-electron chi connectivity index (χ2n) is 2.02. The fourth-order valence-electron chi connectivity index (χ4n) is 0.643. The van der Waals surface area contributed by atoms with Crippen molar-refractivity contribution in [1.29, 1.82) is 0 Å². The Bertz CT molecular complexity index is 148. The number of nitrogens with two attached hydrogens (primary N) is 1. The van der Waals surface area contributed by atoms with Crippen LogP contribution in [0.15, 0.2) is 0 Å². The summed E-state index contributed by atoms with van der Waals surface area (Å²) in [5.74, 6) is 1.52. The Kier molecular flexibility index (Phi) is 4.34. The Morgan fingerprint density at radius 1 is 1.80 bits per heavy atom. The van der Waals surface area contributed by atoms with E-state index in [1.165, 1.54) is 0 Å². The molecule has 0 spiro atoms. The lowest BCUT2D eigenvalue weighted by Gasteiger charge is -2.05. The van der Waals surface area contributed by atoms with Crippen molar-refractivity contribution >= 4 is 5.91 Å². The molecular weight excluding hydrogens is 130 g/mol. The van der Waals surface area contributed by atoms with Crippen LogP contribution in [0, 0.1) is 18.3 Å². The van der Waals surface area contributed by atoms with Crippen molar-refractivity contribution < 1.29 is 9.90 Å². The molecule has 0 heterocycles. The summed E-state index contributed by atoms with van der Waals surface area (Å²) in [7, 11) is 0. The molecule has 10 heavy (non-hydrogen) atoms. The van der Waals surface area contributed by atoms with Gasteiger partial charge in [0.05, 0.1) is 5.92 Å². The highest BCUT2D eigenvalue weighted by Gasteiger charge is 2.11. The molecule has 0 aromatic carbocycles. The van der Waals surface area contributed by atoms with E-state index in [-0.39, 0.29) is 12.5 Å². The minimum atomic E-state index is -0.438. The van der Waals surface area contributed by atoms with Crippen LogP contribution in [0.4, 0.5) is 0 Å². The van der Waals surface area contributed by atoms with Crippen molar-refractivity contribution in [3.8, 4) is 12.3 Å². The maximum absolute atomic E-state index is 10.5. The van der Waals surface area contributed by atoms with Crippen LogP contribution in [0.5, 0.6) is 0 Å². The molecule has 1 atom stereocenters. The van der Waals surface area contributed by atoms with Crippen LogP contribution in [-0.4, -0.2) is 17.6 Å². The Labute approximate surface area is 60.2 Å². The minimum Gasteiger partial charge on any atom is -0.396 e. The molecule has 0 bridgehead atoms. The SMILES string of the molecule is C#CCC(CCO)C(N)=O. The molecule has 0 aliphatic carbocycles. The van der Waals surface area contributed by atoms with E-state index >= 15 is 0 Å². The standard InChI is InChI=1S/C7H11NO2/c1-2-3-6(4-5-9)7(8)10/h1,6,9H,3-5H2,(H2,8,10). The summed E-state index contributed by atoms with van der Waals surface area (Å²) in [4.78, 5) is 10.5. The molecule has 3 heteroatoms. The van der Waals surface area contributed by atoms with Gasteiger partial charge in [0.2, 0.25) is 5.91 Å². The monoisotopic (exact) mass is 141 g/mol. The first-order valence-electron chi connectivity index (χ1n) is 3.06. The topological polar surface area (TPSA) is 63.3 Å². The number of hydrogen-bond donors (Lipinski definition) is 2. The van der Waals surface area contributed by atoms with Gasteiger partial charge in [0.15, 0.2) is 0 Å². The molecule has 0 aliphatic rings. The average molecular weight is 141 g/mol. The van der Waals surface area contributed by atoms with Crippen LogP contribution < -0.4 is 5.73 Å². The Hall–Kier alpha value is -1.01. The van der Waals surface area contributed by atoms with Gasteiger partial charge in [-0.25, -0.2) is 0 Å². The summed E-state index contributed by atoms with van der Waals surface area (Å²) >= 11 is 0. The number of aliphatic hydroxyl groups is 1. The molecule has 1 unspecified atom stereocenters. The molecule has 0 fully saturated rings. The number of aliphatic hydroxyl groups excluding tert-OH is 1. The fraction of sp³-hybridized carbons (Fsp3) is 0.571. The van der Waals surface area contributed by atoms with E-state index in [1.807, 2.05) is 0 Å². The molecule has 0 saturated heterocycles. The highest BCUT2D eigenvalue weighted by Crippen LogP contribution is 2.05. The Morgan fingerprint density at radius 3 is 2.70 bits per heavy atom. The number of hydrogen-bond acceptors (Lipinski definition) is 2. The van der Waals surface area contributed by atoms with Gasteiger partial charge in [-0.15, -0.1) is 12.3 Å². The summed E-state index contributed by atoms with van der Waals surface area (Å²) in [5.41, 5.74) is 4.96. The third-order valence-corrected chi connectivity index (χ3v) is 1.24. The van der Waals surface area contributed by atoms with E-state index < -0.39 is 5.91 Å². The zero-order valence-corrected chi connectivity index (χ0v) is 5.71. The van der Waals surface area contributed by atoms with E-state index in [4.69, 9.17) is 17.3 Å². The van der Waals surface area contributed by atoms with Crippen LogP contribution in [0.2, 0.25) is 0 Å². The van der Waals surface area contributed by atoms with Gasteiger partial charge in [-0.05, 0) is 6.42 Å². The molecule has 0 aromatic heterocycles. The third-order valence-electron chi connectivity index (χ3n) is 1.24. The van der Waals surface area contributed by atoms with Gasteiger partial charge in [-0.2, -0.15) is 0 Å². The van der Waals surface area contributed by atoms with Crippen molar-refractivity contribution in [3.63, 3.8) is 0 Å². The molecule has 0 rings (SSSR count). The average Bonchev–Trinajstić information content (AvgIpc) is 1.87. The molecule has 1 amide bonds. The van der Waals surface area contributed by atoms with E-state index in [2.05, 4.69) is 5.92 Å². The van der Waals surface area contributed by atoms with Gasteiger partial charge >= 0.3 is 0 Å². The molecule has 0 saturated carbocycles. The molecule has 56 valence electrons. The maximum Gasteiger partial charge on any atom is 0.221 e. The predicted octanol–water partition coefficient (Wildman–Crippen LogP) is -0.506. The molecular formula is C7H11NO2. The number of amides is 1. The highest BCUT2D eigenvalue weighted by molar-refractivity contribution is 5.76. The van der Waals surface area contributed by atoms with Gasteiger partial charge in [-0.1, -0.05) is 0 Å². The summed E-state index contributed by atoms with van der Waals surface area (Å²) < 4.78 is 0. The number of rotatable bonds is 4. The summed E-state index contributed by atoms with van der Waals surface area (Å²) in [6, 6.07) is 0. The first-order valence-corrected chi connectivity index (χ1v) is 3.06. The summed E-state index contributed by atoms with van der Waals surface area (Å²) in [5, 5.41) is 8.44. The quantitative estimate of drug-likeness (QED) is 0.518.